The number of hydrogen-bond acceptors (Lipinski definition) is 1. The molecule has 1 heterocycles. The van der Waals surface area contributed by atoms with E-state index in [-0.39, 0.29) is 7.92 Å². The fourth-order valence-electron chi connectivity index (χ4n) is 2.73. The summed E-state index contributed by atoms with van der Waals surface area (Å²) in [7, 11) is -0.0976. The molecule has 0 radical (unpaired) electrons. The van der Waals surface area contributed by atoms with E-state index in [2.05, 4.69) is 58.0 Å². The van der Waals surface area contributed by atoms with Crippen molar-refractivity contribution >= 4 is 13.2 Å². The van der Waals surface area contributed by atoms with Crippen molar-refractivity contribution in [2.24, 2.45) is 11.8 Å². The van der Waals surface area contributed by atoms with E-state index in [4.69, 9.17) is 4.74 Å². The van der Waals surface area contributed by atoms with E-state index in [0.29, 0.717) is 23.2 Å². The average Bonchev–Trinajstić information content (AvgIpc) is 2.38. The molecule has 0 unspecified atom stereocenters. The third-order valence-electron chi connectivity index (χ3n) is 3.89. The predicted octanol–water partition coefficient (Wildman–Crippen LogP) is 3.87. The van der Waals surface area contributed by atoms with E-state index < -0.39 is 0 Å². The molecule has 1 fully saturated rings. The number of ether oxygens (including phenoxy) is 1. The molecule has 2 atom stereocenters. The summed E-state index contributed by atoms with van der Waals surface area (Å²) in [5, 5.41) is 1.56. The normalized spacial score (nSPS) is 25.9. The molecular weight excluding hydrogens is 239 g/mol. The Balaban J connectivity index is 2.32. The van der Waals surface area contributed by atoms with Gasteiger partial charge in [0.1, 0.15) is 0 Å². The van der Waals surface area contributed by atoms with Crippen LogP contribution in [-0.2, 0) is 4.74 Å². The van der Waals surface area contributed by atoms with Crippen LogP contribution in [0.1, 0.15) is 27.7 Å². The van der Waals surface area contributed by atoms with Gasteiger partial charge in [0, 0.05) is 11.3 Å². The van der Waals surface area contributed by atoms with E-state index in [0.717, 1.165) is 13.2 Å². The van der Waals surface area contributed by atoms with Crippen molar-refractivity contribution in [1.29, 1.82) is 0 Å². The third-order valence-corrected chi connectivity index (χ3v) is 7.70. The maximum atomic E-state index is 5.89. The first kappa shape index (κ1) is 14.0. The van der Waals surface area contributed by atoms with Gasteiger partial charge in [-0.25, -0.2) is 0 Å². The molecular formula is C16H25OP. The van der Waals surface area contributed by atoms with Crippen molar-refractivity contribution in [3.63, 3.8) is 0 Å². The molecule has 1 aliphatic heterocycles. The highest BCUT2D eigenvalue weighted by Crippen LogP contribution is 2.53. The minimum atomic E-state index is -0.0976. The van der Waals surface area contributed by atoms with Crippen LogP contribution in [0.15, 0.2) is 30.3 Å². The molecule has 1 aromatic carbocycles. The smallest absolute Gasteiger partial charge is 0.0539 e. The molecule has 0 saturated carbocycles. The van der Waals surface area contributed by atoms with Gasteiger partial charge in [-0.3, -0.25) is 0 Å². The molecule has 0 aromatic heterocycles. The fraction of sp³-hybridized carbons (Fsp3) is 0.625. The summed E-state index contributed by atoms with van der Waals surface area (Å²) in [5.41, 5.74) is 1.42. The highest BCUT2D eigenvalue weighted by Gasteiger charge is 2.37. The van der Waals surface area contributed by atoms with Gasteiger partial charge in [-0.1, -0.05) is 65.9 Å². The maximum Gasteiger partial charge on any atom is 0.0539 e. The summed E-state index contributed by atoms with van der Waals surface area (Å²) >= 11 is 0. The van der Waals surface area contributed by atoms with Crippen LogP contribution in [0, 0.1) is 11.8 Å². The quantitative estimate of drug-likeness (QED) is 0.753. The lowest BCUT2D eigenvalue weighted by Crippen LogP contribution is -2.39. The van der Waals surface area contributed by atoms with Crippen LogP contribution in [0.2, 0.25) is 0 Å². The Kier molecular flexibility index (Phi) is 4.81. The van der Waals surface area contributed by atoms with E-state index in [1.165, 1.54) is 0 Å². The molecule has 100 valence electrons. The van der Waals surface area contributed by atoms with Crippen molar-refractivity contribution in [2.75, 3.05) is 13.2 Å². The lowest BCUT2D eigenvalue weighted by Gasteiger charge is -2.42. The molecule has 2 rings (SSSR count). The van der Waals surface area contributed by atoms with Gasteiger partial charge < -0.3 is 4.74 Å². The van der Waals surface area contributed by atoms with E-state index in [1.807, 2.05) is 0 Å². The zero-order chi connectivity index (χ0) is 13.1. The highest BCUT2D eigenvalue weighted by atomic mass is 31.1. The van der Waals surface area contributed by atoms with Crippen molar-refractivity contribution in [1.82, 2.24) is 0 Å². The van der Waals surface area contributed by atoms with Gasteiger partial charge >= 0.3 is 0 Å². The molecule has 2 heteroatoms. The van der Waals surface area contributed by atoms with Crippen LogP contribution in [0.25, 0.3) is 0 Å². The maximum absolute atomic E-state index is 5.89. The van der Waals surface area contributed by atoms with Gasteiger partial charge in [0.25, 0.3) is 0 Å². The Hall–Kier alpha value is -0.390. The molecule has 0 aliphatic carbocycles. The largest absolute Gasteiger partial charge is 0.380 e. The van der Waals surface area contributed by atoms with Gasteiger partial charge in [0.15, 0.2) is 0 Å². The molecule has 1 aliphatic rings. The van der Waals surface area contributed by atoms with Gasteiger partial charge in [0.05, 0.1) is 13.2 Å². The predicted molar refractivity (Wildman–Crippen MR) is 81.1 cm³/mol. The molecule has 1 saturated heterocycles. The second-order valence-corrected chi connectivity index (χ2v) is 8.56. The zero-order valence-electron chi connectivity index (χ0n) is 12.0. The van der Waals surface area contributed by atoms with Gasteiger partial charge in [0.2, 0.25) is 0 Å². The second kappa shape index (κ2) is 6.17. The first-order valence-electron chi connectivity index (χ1n) is 7.02. The van der Waals surface area contributed by atoms with Crippen LogP contribution in [0.4, 0.5) is 0 Å². The number of rotatable bonds is 3. The first-order chi connectivity index (χ1) is 8.61. The Bertz CT molecular complexity index is 345. The van der Waals surface area contributed by atoms with Crippen molar-refractivity contribution < 1.29 is 4.74 Å². The summed E-state index contributed by atoms with van der Waals surface area (Å²) in [6, 6.07) is 11.1. The van der Waals surface area contributed by atoms with Crippen LogP contribution in [-0.4, -0.2) is 24.5 Å². The summed E-state index contributed by atoms with van der Waals surface area (Å²) in [6.07, 6.45) is 0. The second-order valence-electron chi connectivity index (χ2n) is 5.90. The summed E-state index contributed by atoms with van der Waals surface area (Å²) < 4.78 is 5.89. The third kappa shape index (κ3) is 2.95. The molecule has 18 heavy (non-hydrogen) atoms. The molecule has 1 aromatic rings. The standard InChI is InChI=1S/C16H25OP/c1-12(2)15-10-17-11-16(13(3)4)18(15)14-8-6-5-7-9-14/h5-9,12-13,15-16H,10-11H2,1-4H3/t15-,16-/m0/s1. The molecule has 0 spiro atoms. The monoisotopic (exact) mass is 264 g/mol. The molecule has 1 nitrogen and oxygen atoms in total. The average molecular weight is 264 g/mol. The zero-order valence-corrected chi connectivity index (χ0v) is 12.9. The number of hydrogen-bond donors (Lipinski definition) is 0. The Labute approximate surface area is 113 Å². The van der Waals surface area contributed by atoms with Crippen molar-refractivity contribution in [3.8, 4) is 0 Å². The SMILES string of the molecule is CC(C)[C@@H]1COC[C@@H](C(C)C)P1c1ccccc1. The van der Waals surface area contributed by atoms with Crippen molar-refractivity contribution in [3.05, 3.63) is 30.3 Å². The highest BCUT2D eigenvalue weighted by molar-refractivity contribution is 7.67. The van der Waals surface area contributed by atoms with Crippen LogP contribution in [0.3, 0.4) is 0 Å². The summed E-state index contributed by atoms with van der Waals surface area (Å²) in [5.74, 6) is 1.41. The van der Waals surface area contributed by atoms with E-state index in [1.54, 1.807) is 5.30 Å². The lowest BCUT2D eigenvalue weighted by atomic mass is 10.1. The van der Waals surface area contributed by atoms with E-state index >= 15 is 0 Å². The molecule has 0 bridgehead atoms. The number of benzene rings is 1. The molecule has 0 N–H and O–H groups in total. The Morgan fingerprint density at radius 1 is 0.944 bits per heavy atom. The topological polar surface area (TPSA) is 9.23 Å². The lowest BCUT2D eigenvalue weighted by molar-refractivity contribution is 0.106. The first-order valence-corrected chi connectivity index (χ1v) is 8.50. The summed E-state index contributed by atoms with van der Waals surface area (Å²) in [4.78, 5) is 0. The van der Waals surface area contributed by atoms with Gasteiger partial charge in [-0.15, -0.1) is 0 Å². The minimum Gasteiger partial charge on any atom is -0.380 e. The Morgan fingerprint density at radius 2 is 1.44 bits per heavy atom. The van der Waals surface area contributed by atoms with Crippen LogP contribution in [0.5, 0.6) is 0 Å². The minimum absolute atomic E-state index is 0.0976. The molecule has 0 amide bonds. The van der Waals surface area contributed by atoms with Gasteiger partial charge in [-0.2, -0.15) is 0 Å². The van der Waals surface area contributed by atoms with Gasteiger partial charge in [-0.05, 0) is 17.1 Å². The van der Waals surface area contributed by atoms with Crippen LogP contribution >= 0.6 is 7.92 Å². The van der Waals surface area contributed by atoms with Crippen LogP contribution < -0.4 is 5.30 Å². The van der Waals surface area contributed by atoms with E-state index in [9.17, 15) is 0 Å². The fourth-order valence-corrected chi connectivity index (χ4v) is 6.32. The van der Waals surface area contributed by atoms with Crippen molar-refractivity contribution in [2.45, 2.75) is 39.0 Å². The summed E-state index contributed by atoms with van der Waals surface area (Å²) in [6.45, 7) is 11.3. The Morgan fingerprint density at radius 3 is 1.89 bits per heavy atom.